The summed E-state index contributed by atoms with van der Waals surface area (Å²) in [6.45, 7) is 0.436. The highest BCUT2D eigenvalue weighted by molar-refractivity contribution is 5.97. The van der Waals surface area contributed by atoms with Gasteiger partial charge in [-0.2, -0.15) is 5.10 Å². The smallest absolute Gasteiger partial charge is 0.179 e. The molecule has 4 heteroatoms. The summed E-state index contributed by atoms with van der Waals surface area (Å²) >= 11 is 0. The zero-order chi connectivity index (χ0) is 9.14. The van der Waals surface area contributed by atoms with E-state index in [1.54, 1.807) is 24.1 Å². The zero-order valence-corrected chi connectivity index (χ0v) is 7.61. The first-order valence-electron chi connectivity index (χ1n) is 3.76. The topological polar surface area (TPSA) is 38.1 Å². The van der Waals surface area contributed by atoms with Crippen LogP contribution in [0.4, 0.5) is 0 Å². The van der Waals surface area contributed by atoms with Gasteiger partial charge in [0.1, 0.15) is 0 Å². The number of hydrogen-bond donors (Lipinski definition) is 0. The average Bonchev–Trinajstić information content (AvgIpc) is 2.34. The van der Waals surface area contributed by atoms with Crippen LogP contribution < -0.4 is 0 Å². The quantitative estimate of drug-likeness (QED) is 0.602. The number of carbonyl (C=O) groups excluding carboxylic acids is 1. The number of hydrogen-bond acceptors (Lipinski definition) is 3. The van der Waals surface area contributed by atoms with Crippen molar-refractivity contribution < 1.29 is 4.79 Å². The third-order valence-electron chi connectivity index (χ3n) is 1.49. The van der Waals surface area contributed by atoms with Gasteiger partial charge < -0.3 is 4.90 Å². The van der Waals surface area contributed by atoms with Crippen molar-refractivity contribution in [3.63, 3.8) is 0 Å². The highest BCUT2D eigenvalue weighted by Gasteiger charge is 2.07. The van der Waals surface area contributed by atoms with Gasteiger partial charge in [0.05, 0.1) is 18.3 Å². The van der Waals surface area contributed by atoms with Gasteiger partial charge in [-0.25, -0.2) is 0 Å². The van der Waals surface area contributed by atoms with Crippen molar-refractivity contribution in [1.29, 1.82) is 0 Å². The van der Waals surface area contributed by atoms with Gasteiger partial charge in [-0.1, -0.05) is 0 Å². The highest BCUT2D eigenvalue weighted by atomic mass is 16.1. The van der Waals surface area contributed by atoms with E-state index in [0.717, 1.165) is 0 Å². The molecule has 4 nitrogen and oxygen atoms in total. The van der Waals surface area contributed by atoms with E-state index < -0.39 is 0 Å². The molecule has 1 rings (SSSR count). The van der Waals surface area contributed by atoms with Gasteiger partial charge >= 0.3 is 0 Å². The van der Waals surface area contributed by atoms with E-state index in [1.165, 1.54) is 0 Å². The summed E-state index contributed by atoms with van der Waals surface area (Å²) in [5.74, 6) is 0.105. The monoisotopic (exact) mass is 167 g/mol. The highest BCUT2D eigenvalue weighted by Crippen LogP contribution is 1.98. The second-order valence-electron chi connectivity index (χ2n) is 3.06. The zero-order valence-electron chi connectivity index (χ0n) is 7.61. The largest absolute Gasteiger partial charge is 0.302 e. The van der Waals surface area contributed by atoms with Crippen LogP contribution in [0.15, 0.2) is 12.4 Å². The molecule has 1 heterocycles. The SMILES string of the molecule is CN(C)CC(=O)c1cnn(C)c1. The number of Topliss-reactive ketones (excluding diaryl/α,β-unsaturated/α-hetero) is 1. The molecular formula is C8H13N3O. The molecule has 0 aliphatic rings. The predicted molar refractivity (Wildman–Crippen MR) is 46.1 cm³/mol. The average molecular weight is 167 g/mol. The lowest BCUT2D eigenvalue weighted by atomic mass is 10.2. The van der Waals surface area contributed by atoms with Crippen LogP contribution in [-0.4, -0.2) is 41.1 Å². The van der Waals surface area contributed by atoms with E-state index in [9.17, 15) is 4.79 Å². The number of likely N-dealkylation sites (N-methyl/N-ethyl adjacent to an activating group) is 1. The fraction of sp³-hybridized carbons (Fsp3) is 0.500. The van der Waals surface area contributed by atoms with E-state index in [4.69, 9.17) is 0 Å². The molecule has 0 aliphatic heterocycles. The molecule has 0 bridgehead atoms. The van der Waals surface area contributed by atoms with Crippen LogP contribution in [0.5, 0.6) is 0 Å². The molecule has 12 heavy (non-hydrogen) atoms. The Bertz CT molecular complexity index is 278. The van der Waals surface area contributed by atoms with E-state index in [0.29, 0.717) is 12.1 Å². The maximum absolute atomic E-state index is 11.4. The van der Waals surface area contributed by atoms with Crippen LogP contribution in [0.25, 0.3) is 0 Å². The fourth-order valence-corrected chi connectivity index (χ4v) is 0.944. The van der Waals surface area contributed by atoms with E-state index >= 15 is 0 Å². The number of aryl methyl sites for hydroxylation is 1. The van der Waals surface area contributed by atoms with Gasteiger partial charge in [-0.3, -0.25) is 9.48 Å². The molecule has 0 N–H and O–H groups in total. The van der Waals surface area contributed by atoms with Crippen molar-refractivity contribution in [2.45, 2.75) is 0 Å². The normalized spacial score (nSPS) is 10.7. The van der Waals surface area contributed by atoms with Gasteiger partial charge in [0.15, 0.2) is 5.78 Å². The molecule has 0 amide bonds. The molecule has 66 valence electrons. The van der Waals surface area contributed by atoms with Crippen LogP contribution in [0.3, 0.4) is 0 Å². The van der Waals surface area contributed by atoms with Gasteiger partial charge in [-0.15, -0.1) is 0 Å². The summed E-state index contributed by atoms with van der Waals surface area (Å²) in [5.41, 5.74) is 0.672. The van der Waals surface area contributed by atoms with E-state index in [-0.39, 0.29) is 5.78 Å². The molecule has 0 aliphatic carbocycles. The Kier molecular flexibility index (Phi) is 2.60. The number of carbonyl (C=O) groups is 1. The third-order valence-corrected chi connectivity index (χ3v) is 1.49. The second-order valence-corrected chi connectivity index (χ2v) is 3.06. The van der Waals surface area contributed by atoms with Crippen molar-refractivity contribution in [3.05, 3.63) is 18.0 Å². The Morgan fingerprint density at radius 2 is 2.33 bits per heavy atom. The van der Waals surface area contributed by atoms with E-state index in [2.05, 4.69) is 5.10 Å². The molecule has 0 saturated carbocycles. The van der Waals surface area contributed by atoms with E-state index in [1.807, 2.05) is 19.0 Å². The van der Waals surface area contributed by atoms with Gasteiger partial charge in [0, 0.05) is 13.2 Å². The van der Waals surface area contributed by atoms with Crippen LogP contribution in [0.1, 0.15) is 10.4 Å². The molecule has 1 aromatic heterocycles. The Morgan fingerprint density at radius 1 is 1.67 bits per heavy atom. The molecule has 0 aromatic carbocycles. The summed E-state index contributed by atoms with van der Waals surface area (Å²) < 4.78 is 1.63. The standard InChI is InChI=1S/C8H13N3O/c1-10(2)6-8(12)7-4-9-11(3)5-7/h4-5H,6H2,1-3H3. The number of ketones is 1. The Morgan fingerprint density at radius 3 is 2.75 bits per heavy atom. The Hall–Kier alpha value is -1.16. The van der Waals surface area contributed by atoms with Gasteiger partial charge in [0.25, 0.3) is 0 Å². The minimum Gasteiger partial charge on any atom is -0.302 e. The van der Waals surface area contributed by atoms with Crippen molar-refractivity contribution in [3.8, 4) is 0 Å². The summed E-state index contributed by atoms with van der Waals surface area (Å²) in [6.07, 6.45) is 3.32. The van der Waals surface area contributed by atoms with Crippen LogP contribution in [-0.2, 0) is 7.05 Å². The summed E-state index contributed by atoms with van der Waals surface area (Å²) in [7, 11) is 5.54. The molecule has 1 aromatic rings. The van der Waals surface area contributed by atoms with Crippen LogP contribution >= 0.6 is 0 Å². The van der Waals surface area contributed by atoms with Crippen molar-refractivity contribution in [2.24, 2.45) is 7.05 Å². The minimum absolute atomic E-state index is 0.105. The Labute approximate surface area is 71.8 Å². The minimum atomic E-state index is 0.105. The number of nitrogens with zero attached hydrogens (tertiary/aromatic N) is 3. The molecule has 0 spiro atoms. The van der Waals surface area contributed by atoms with Crippen molar-refractivity contribution in [2.75, 3.05) is 20.6 Å². The maximum atomic E-state index is 11.4. The first-order valence-corrected chi connectivity index (χ1v) is 3.76. The number of aromatic nitrogens is 2. The fourth-order valence-electron chi connectivity index (χ4n) is 0.944. The van der Waals surface area contributed by atoms with Crippen molar-refractivity contribution >= 4 is 5.78 Å². The first kappa shape index (κ1) is 8.93. The molecule has 0 saturated heterocycles. The lowest BCUT2D eigenvalue weighted by Gasteiger charge is -2.05. The van der Waals surface area contributed by atoms with Crippen LogP contribution in [0.2, 0.25) is 0 Å². The molecular weight excluding hydrogens is 154 g/mol. The molecule has 0 fully saturated rings. The second kappa shape index (κ2) is 3.49. The Balaban J connectivity index is 2.65. The molecule has 0 atom stereocenters. The predicted octanol–water partition coefficient (Wildman–Crippen LogP) is 0.164. The summed E-state index contributed by atoms with van der Waals surface area (Å²) in [5, 5.41) is 3.92. The lowest BCUT2D eigenvalue weighted by Crippen LogP contribution is -2.21. The summed E-state index contributed by atoms with van der Waals surface area (Å²) in [6, 6.07) is 0. The number of rotatable bonds is 3. The van der Waals surface area contributed by atoms with Crippen LogP contribution in [0, 0.1) is 0 Å². The molecule has 0 radical (unpaired) electrons. The third kappa shape index (κ3) is 2.17. The maximum Gasteiger partial charge on any atom is 0.179 e. The van der Waals surface area contributed by atoms with Crippen molar-refractivity contribution in [1.82, 2.24) is 14.7 Å². The lowest BCUT2D eigenvalue weighted by molar-refractivity contribution is 0.0958. The first-order chi connectivity index (χ1) is 5.59. The van der Waals surface area contributed by atoms with Gasteiger partial charge in [0.2, 0.25) is 0 Å². The summed E-state index contributed by atoms with van der Waals surface area (Å²) in [4.78, 5) is 13.2. The van der Waals surface area contributed by atoms with Gasteiger partial charge in [-0.05, 0) is 14.1 Å². The molecule has 0 unspecified atom stereocenters.